The van der Waals surface area contributed by atoms with Gasteiger partial charge in [0.15, 0.2) is 0 Å². The predicted molar refractivity (Wildman–Crippen MR) is 65.3 cm³/mol. The highest BCUT2D eigenvalue weighted by Gasteiger charge is 2.38. The minimum Gasteiger partial charge on any atom is -0.337 e. The lowest BCUT2D eigenvalue weighted by Crippen LogP contribution is -2.26. The van der Waals surface area contributed by atoms with Gasteiger partial charge in [0.05, 0.1) is 5.02 Å². The molecule has 1 unspecified atom stereocenters. The molecule has 8 heteroatoms. The van der Waals surface area contributed by atoms with E-state index in [2.05, 4.69) is 0 Å². The fraction of sp³-hybridized carbons (Fsp3) is 0.364. The summed E-state index contributed by atoms with van der Waals surface area (Å²) in [5.41, 5.74) is 0.552. The zero-order valence-electron chi connectivity index (χ0n) is 9.64. The molecule has 104 valence electrons. The van der Waals surface area contributed by atoms with Gasteiger partial charge in [-0.25, -0.2) is 4.39 Å². The van der Waals surface area contributed by atoms with E-state index in [0.29, 0.717) is 5.56 Å². The summed E-state index contributed by atoms with van der Waals surface area (Å²) in [6.07, 6.45) is -0.367. The monoisotopic (exact) mass is 309 g/mol. The molecule has 0 aliphatic carbocycles. The quantitative estimate of drug-likeness (QED) is 0.801. The number of halogens is 3. The molecule has 1 aromatic rings. The van der Waals surface area contributed by atoms with Crippen LogP contribution in [0.25, 0.3) is 0 Å². The van der Waals surface area contributed by atoms with Crippen LogP contribution < -0.4 is 0 Å². The molecule has 2 rings (SSSR count). The minimum absolute atomic E-state index is 0.0743. The highest BCUT2D eigenvalue weighted by molar-refractivity contribution is 7.87. The second-order valence-corrected chi connectivity index (χ2v) is 6.35. The molecular formula is C11H10ClF2NO3S. The van der Waals surface area contributed by atoms with Crippen LogP contribution in [0, 0.1) is 5.82 Å². The zero-order chi connectivity index (χ0) is 14.2. The third kappa shape index (κ3) is 3.22. The molecule has 1 saturated heterocycles. The first-order valence-electron chi connectivity index (χ1n) is 5.42. The van der Waals surface area contributed by atoms with Gasteiger partial charge in [0.2, 0.25) is 5.91 Å². The SMILES string of the molecule is O=C1CC(S(=O)(=O)F)CN1Cc1ccc(F)c(Cl)c1. The van der Waals surface area contributed by atoms with E-state index in [1.54, 1.807) is 0 Å². The summed E-state index contributed by atoms with van der Waals surface area (Å²) in [4.78, 5) is 12.8. The maximum atomic E-state index is 13.0. The van der Waals surface area contributed by atoms with Gasteiger partial charge in [-0.2, -0.15) is 8.42 Å². The van der Waals surface area contributed by atoms with Crippen molar-refractivity contribution in [2.24, 2.45) is 0 Å². The molecule has 0 aromatic heterocycles. The normalized spacial score (nSPS) is 20.1. The molecule has 19 heavy (non-hydrogen) atoms. The van der Waals surface area contributed by atoms with Crippen LogP contribution in [0.15, 0.2) is 18.2 Å². The Morgan fingerprint density at radius 3 is 2.63 bits per heavy atom. The smallest absolute Gasteiger partial charge is 0.307 e. The Bertz CT molecular complexity index is 620. The summed E-state index contributed by atoms with van der Waals surface area (Å²) < 4.78 is 47.3. The van der Waals surface area contributed by atoms with Crippen molar-refractivity contribution >= 4 is 27.7 Å². The van der Waals surface area contributed by atoms with Gasteiger partial charge in [0.1, 0.15) is 11.1 Å². The second kappa shape index (κ2) is 5.05. The van der Waals surface area contributed by atoms with E-state index in [4.69, 9.17) is 11.6 Å². The average molecular weight is 310 g/mol. The Balaban J connectivity index is 2.12. The number of nitrogens with zero attached hydrogens (tertiary/aromatic N) is 1. The van der Waals surface area contributed by atoms with Crippen LogP contribution in [0.3, 0.4) is 0 Å². The predicted octanol–water partition coefficient (Wildman–Crippen LogP) is 1.88. The maximum absolute atomic E-state index is 13.0. The van der Waals surface area contributed by atoms with E-state index < -0.39 is 27.2 Å². The molecule has 1 atom stereocenters. The number of benzene rings is 1. The van der Waals surface area contributed by atoms with E-state index in [1.807, 2.05) is 0 Å². The lowest BCUT2D eigenvalue weighted by Gasteiger charge is -2.16. The number of hydrogen-bond acceptors (Lipinski definition) is 3. The first kappa shape index (κ1) is 14.2. The van der Waals surface area contributed by atoms with Crippen LogP contribution in [0.5, 0.6) is 0 Å². The van der Waals surface area contributed by atoms with Gasteiger partial charge in [0.25, 0.3) is 0 Å². The fourth-order valence-corrected chi connectivity index (χ4v) is 2.84. The lowest BCUT2D eigenvalue weighted by molar-refractivity contribution is -0.128. The van der Waals surface area contributed by atoms with Gasteiger partial charge in [-0.3, -0.25) is 4.79 Å². The van der Waals surface area contributed by atoms with Gasteiger partial charge in [-0.05, 0) is 17.7 Å². The summed E-state index contributed by atoms with van der Waals surface area (Å²) >= 11 is 5.60. The Labute approximate surface area is 114 Å². The first-order chi connectivity index (χ1) is 8.77. The molecule has 4 nitrogen and oxygen atoms in total. The molecule has 1 aromatic carbocycles. The van der Waals surface area contributed by atoms with Crippen molar-refractivity contribution in [2.45, 2.75) is 18.2 Å². The summed E-state index contributed by atoms with van der Waals surface area (Å²) in [5, 5.41) is -1.41. The van der Waals surface area contributed by atoms with Crippen molar-refractivity contribution in [2.75, 3.05) is 6.54 Å². The third-order valence-electron chi connectivity index (χ3n) is 2.93. The Kier molecular flexibility index (Phi) is 3.78. The third-order valence-corrected chi connectivity index (χ3v) is 4.34. The van der Waals surface area contributed by atoms with E-state index in [0.717, 1.165) is 6.07 Å². The average Bonchev–Trinajstić information content (AvgIpc) is 2.65. The largest absolute Gasteiger partial charge is 0.337 e. The van der Waals surface area contributed by atoms with E-state index in [9.17, 15) is 21.5 Å². The van der Waals surface area contributed by atoms with Crippen LogP contribution in [-0.4, -0.2) is 31.0 Å². The van der Waals surface area contributed by atoms with Crippen LogP contribution >= 0.6 is 11.6 Å². The molecule has 1 aliphatic heterocycles. The molecule has 0 spiro atoms. The van der Waals surface area contributed by atoms with E-state index in [-0.39, 0.29) is 24.5 Å². The Morgan fingerprint density at radius 2 is 2.11 bits per heavy atom. The summed E-state index contributed by atoms with van der Waals surface area (Å²) in [5.74, 6) is -1.03. The standard InChI is InChI=1S/C11H10ClF2NO3S/c12-9-3-7(1-2-10(9)13)5-15-6-8(4-11(15)16)19(14,17)18/h1-3,8H,4-6H2. The van der Waals surface area contributed by atoms with Crippen LogP contribution in [-0.2, 0) is 21.6 Å². The number of carbonyl (C=O) groups is 1. The van der Waals surface area contributed by atoms with Gasteiger partial charge >= 0.3 is 10.2 Å². The molecule has 1 aliphatic rings. The van der Waals surface area contributed by atoms with Crippen molar-refractivity contribution in [3.05, 3.63) is 34.6 Å². The first-order valence-corrected chi connectivity index (χ1v) is 7.25. The van der Waals surface area contributed by atoms with E-state index in [1.165, 1.54) is 17.0 Å². The van der Waals surface area contributed by atoms with Crippen LogP contribution in [0.1, 0.15) is 12.0 Å². The summed E-state index contributed by atoms with van der Waals surface area (Å²) in [6.45, 7) is -0.127. The van der Waals surface area contributed by atoms with Gasteiger partial charge in [0, 0.05) is 19.5 Å². The molecule has 0 radical (unpaired) electrons. The molecule has 1 fully saturated rings. The number of likely N-dealkylation sites (tertiary alicyclic amines) is 1. The topological polar surface area (TPSA) is 54.5 Å². The number of rotatable bonds is 3. The summed E-state index contributed by atoms with van der Waals surface area (Å²) in [7, 11) is -4.72. The number of carbonyl (C=O) groups excluding carboxylic acids is 1. The van der Waals surface area contributed by atoms with Crippen molar-refractivity contribution in [1.29, 1.82) is 0 Å². The van der Waals surface area contributed by atoms with Crippen molar-refractivity contribution < 1.29 is 21.5 Å². The van der Waals surface area contributed by atoms with Crippen molar-refractivity contribution in [3.8, 4) is 0 Å². The summed E-state index contributed by atoms with van der Waals surface area (Å²) in [6, 6.07) is 3.94. The fourth-order valence-electron chi connectivity index (χ4n) is 1.94. The lowest BCUT2D eigenvalue weighted by atomic mass is 10.2. The second-order valence-electron chi connectivity index (χ2n) is 4.32. The zero-order valence-corrected chi connectivity index (χ0v) is 11.2. The van der Waals surface area contributed by atoms with Gasteiger partial charge < -0.3 is 4.90 Å². The molecule has 0 bridgehead atoms. The van der Waals surface area contributed by atoms with E-state index >= 15 is 0 Å². The molecule has 1 amide bonds. The van der Waals surface area contributed by atoms with Crippen LogP contribution in [0.4, 0.5) is 8.28 Å². The van der Waals surface area contributed by atoms with Gasteiger partial charge in [-0.15, -0.1) is 3.89 Å². The molecule has 0 N–H and O–H groups in total. The Morgan fingerprint density at radius 1 is 1.42 bits per heavy atom. The maximum Gasteiger partial charge on any atom is 0.307 e. The van der Waals surface area contributed by atoms with Crippen molar-refractivity contribution in [3.63, 3.8) is 0 Å². The highest BCUT2D eigenvalue weighted by Crippen LogP contribution is 2.23. The molecule has 0 saturated carbocycles. The Hall–Kier alpha value is -1.21. The molecule has 1 heterocycles. The van der Waals surface area contributed by atoms with Crippen molar-refractivity contribution in [1.82, 2.24) is 4.90 Å². The minimum atomic E-state index is -4.72. The number of hydrogen-bond donors (Lipinski definition) is 0. The molecular weight excluding hydrogens is 300 g/mol. The van der Waals surface area contributed by atoms with Gasteiger partial charge in [-0.1, -0.05) is 17.7 Å². The highest BCUT2D eigenvalue weighted by atomic mass is 35.5. The number of amides is 1. The van der Waals surface area contributed by atoms with Crippen LogP contribution in [0.2, 0.25) is 5.02 Å².